The Hall–Kier alpha value is -3.07. The molecule has 196 valence electrons. The minimum Gasteiger partial charge on any atom is -0.357 e. The molecule has 0 aromatic heterocycles. The number of carbonyl (C=O) groups excluding carboxylic acids is 2. The van der Waals surface area contributed by atoms with Crippen molar-refractivity contribution in [2.75, 3.05) is 17.9 Å². The maximum absolute atomic E-state index is 13.7. The number of hydrogen-bond acceptors (Lipinski definition) is 4. The van der Waals surface area contributed by atoms with Crippen LogP contribution >= 0.6 is 23.2 Å². The minimum atomic E-state index is -4.10. The number of hydrogen-bond donors (Lipinski definition) is 1. The molecule has 3 aromatic carbocycles. The molecule has 0 saturated heterocycles. The van der Waals surface area contributed by atoms with Gasteiger partial charge < -0.3 is 10.2 Å². The predicted molar refractivity (Wildman–Crippen MR) is 147 cm³/mol. The number of nitrogens with one attached hydrogen (secondary N) is 1. The first kappa shape index (κ1) is 28.5. The van der Waals surface area contributed by atoms with Crippen LogP contribution < -0.4 is 9.62 Å². The Morgan fingerprint density at radius 2 is 1.46 bits per heavy atom. The van der Waals surface area contributed by atoms with Crippen molar-refractivity contribution in [2.45, 2.75) is 38.3 Å². The smallest absolute Gasteiger partial charge is 0.264 e. The van der Waals surface area contributed by atoms with E-state index < -0.39 is 34.4 Å². The number of benzene rings is 3. The maximum atomic E-state index is 13.7. The van der Waals surface area contributed by atoms with E-state index in [0.717, 1.165) is 15.4 Å². The molecular weight excluding hydrogens is 533 g/mol. The molecule has 0 radical (unpaired) electrons. The van der Waals surface area contributed by atoms with Gasteiger partial charge in [-0.05, 0) is 62.7 Å². The van der Waals surface area contributed by atoms with E-state index in [1.807, 2.05) is 13.8 Å². The number of halogens is 2. The van der Waals surface area contributed by atoms with E-state index in [1.54, 1.807) is 61.5 Å². The molecule has 0 aliphatic carbocycles. The highest BCUT2D eigenvalue weighted by Crippen LogP contribution is 2.26. The first-order chi connectivity index (χ1) is 17.4. The van der Waals surface area contributed by atoms with E-state index in [-0.39, 0.29) is 11.4 Å². The highest BCUT2D eigenvalue weighted by molar-refractivity contribution is 7.92. The van der Waals surface area contributed by atoms with Crippen LogP contribution in [-0.4, -0.2) is 44.8 Å². The summed E-state index contributed by atoms with van der Waals surface area (Å²) in [6.07, 6.45) is 0. The second-order valence-corrected chi connectivity index (χ2v) is 11.4. The molecule has 0 bridgehead atoms. The number of likely N-dealkylation sites (N-methyl/N-ethyl adjacent to an activating group) is 1. The third kappa shape index (κ3) is 6.83. The fourth-order valence-corrected chi connectivity index (χ4v) is 5.44. The number of anilines is 1. The van der Waals surface area contributed by atoms with E-state index in [2.05, 4.69) is 5.32 Å². The second kappa shape index (κ2) is 12.0. The van der Waals surface area contributed by atoms with Crippen molar-refractivity contribution in [2.24, 2.45) is 0 Å². The summed E-state index contributed by atoms with van der Waals surface area (Å²) in [6, 6.07) is 17.3. The lowest BCUT2D eigenvalue weighted by atomic mass is 10.1. The average molecular weight is 563 g/mol. The number of amides is 2. The van der Waals surface area contributed by atoms with Gasteiger partial charge >= 0.3 is 0 Å². The fourth-order valence-electron chi connectivity index (χ4n) is 3.70. The molecule has 0 aliphatic heterocycles. The number of rotatable bonds is 9. The van der Waals surface area contributed by atoms with E-state index >= 15 is 0 Å². The van der Waals surface area contributed by atoms with Crippen molar-refractivity contribution in [3.63, 3.8) is 0 Å². The van der Waals surface area contributed by atoms with Gasteiger partial charge in [0.25, 0.3) is 10.0 Å². The van der Waals surface area contributed by atoms with Gasteiger partial charge in [0.05, 0.1) is 20.6 Å². The van der Waals surface area contributed by atoms with Crippen molar-refractivity contribution < 1.29 is 18.0 Å². The molecule has 0 saturated carbocycles. The van der Waals surface area contributed by atoms with Gasteiger partial charge in [-0.15, -0.1) is 0 Å². The Morgan fingerprint density at radius 1 is 0.892 bits per heavy atom. The van der Waals surface area contributed by atoms with Crippen molar-refractivity contribution in [1.82, 2.24) is 10.2 Å². The molecule has 1 N–H and O–H groups in total. The molecule has 0 unspecified atom stereocenters. The van der Waals surface area contributed by atoms with E-state index in [4.69, 9.17) is 23.2 Å². The Labute approximate surface area is 228 Å². The quantitative estimate of drug-likeness (QED) is 0.399. The zero-order valence-corrected chi connectivity index (χ0v) is 23.4. The van der Waals surface area contributed by atoms with Crippen LogP contribution in [0.2, 0.25) is 10.0 Å². The third-order valence-electron chi connectivity index (χ3n) is 5.96. The molecule has 0 fully saturated rings. The van der Waals surface area contributed by atoms with Crippen LogP contribution in [0.5, 0.6) is 0 Å². The van der Waals surface area contributed by atoms with Gasteiger partial charge in [-0.2, -0.15) is 0 Å². The third-order valence-corrected chi connectivity index (χ3v) is 8.49. The van der Waals surface area contributed by atoms with Crippen LogP contribution in [-0.2, 0) is 26.2 Å². The van der Waals surface area contributed by atoms with Crippen LogP contribution in [0.15, 0.2) is 71.6 Å². The highest BCUT2D eigenvalue weighted by Gasteiger charge is 2.32. The zero-order valence-electron chi connectivity index (χ0n) is 21.0. The summed E-state index contributed by atoms with van der Waals surface area (Å²) in [5.74, 6) is -0.949. The van der Waals surface area contributed by atoms with E-state index in [1.165, 1.54) is 24.1 Å². The van der Waals surface area contributed by atoms with Crippen molar-refractivity contribution in [3.8, 4) is 0 Å². The summed E-state index contributed by atoms with van der Waals surface area (Å²) in [7, 11) is -2.63. The first-order valence-corrected chi connectivity index (χ1v) is 13.7. The monoisotopic (exact) mass is 561 g/mol. The van der Waals surface area contributed by atoms with E-state index in [9.17, 15) is 18.0 Å². The molecule has 10 heteroatoms. The van der Waals surface area contributed by atoms with E-state index in [0.29, 0.717) is 21.3 Å². The SMILES string of the molecule is CNC(=O)[C@@H](C)N(Cc1ccc(Cl)c(Cl)c1)C(=O)CN(c1ccc(C)cc1)S(=O)(=O)c1ccc(C)cc1. The Balaban J connectivity index is 2.03. The summed E-state index contributed by atoms with van der Waals surface area (Å²) in [5, 5.41) is 3.21. The predicted octanol–water partition coefficient (Wildman–Crippen LogP) is 4.97. The number of carbonyl (C=O) groups is 2. The number of aryl methyl sites for hydroxylation is 2. The molecule has 2 amide bonds. The second-order valence-electron chi connectivity index (χ2n) is 8.72. The maximum Gasteiger partial charge on any atom is 0.264 e. The molecular formula is C27H29Cl2N3O4S. The summed E-state index contributed by atoms with van der Waals surface area (Å²) < 4.78 is 28.5. The fraction of sp³-hybridized carbons (Fsp3) is 0.259. The van der Waals surface area contributed by atoms with Gasteiger partial charge in [0.15, 0.2) is 0 Å². The lowest BCUT2D eigenvalue weighted by Gasteiger charge is -2.32. The average Bonchev–Trinajstić information content (AvgIpc) is 2.87. The molecule has 3 aromatic rings. The normalized spacial score (nSPS) is 12.1. The van der Waals surface area contributed by atoms with Crippen LogP contribution in [0.4, 0.5) is 5.69 Å². The van der Waals surface area contributed by atoms with Gasteiger partial charge in [0, 0.05) is 13.6 Å². The van der Waals surface area contributed by atoms with Crippen molar-refractivity contribution >= 4 is 50.7 Å². The zero-order chi connectivity index (χ0) is 27.3. The number of sulfonamides is 1. The Kier molecular flexibility index (Phi) is 9.23. The largest absolute Gasteiger partial charge is 0.357 e. The summed E-state index contributed by atoms with van der Waals surface area (Å²) in [5.41, 5.74) is 2.82. The molecule has 0 aliphatic rings. The van der Waals surface area contributed by atoms with Crippen LogP contribution in [0, 0.1) is 13.8 Å². The molecule has 1 atom stereocenters. The lowest BCUT2D eigenvalue weighted by Crippen LogP contribution is -2.50. The van der Waals surface area contributed by atoms with Gasteiger partial charge in [-0.25, -0.2) is 8.42 Å². The van der Waals surface area contributed by atoms with Crippen molar-refractivity contribution in [1.29, 1.82) is 0 Å². The van der Waals surface area contributed by atoms with Crippen LogP contribution in [0.25, 0.3) is 0 Å². The molecule has 7 nitrogen and oxygen atoms in total. The van der Waals surface area contributed by atoms with Crippen LogP contribution in [0.3, 0.4) is 0 Å². The standard InChI is InChI=1S/C27H29Cl2N3O4S/c1-18-5-10-22(11-6-18)32(37(35,36)23-12-7-19(2)8-13-23)17-26(33)31(20(3)27(34)30-4)16-21-9-14-24(28)25(29)15-21/h5-15,20H,16-17H2,1-4H3,(H,30,34)/t20-/m1/s1. The summed E-state index contributed by atoms with van der Waals surface area (Å²) >= 11 is 12.2. The highest BCUT2D eigenvalue weighted by atomic mass is 35.5. The summed E-state index contributed by atoms with van der Waals surface area (Å²) in [4.78, 5) is 27.6. The Morgan fingerprint density at radius 3 is 2.00 bits per heavy atom. The van der Waals surface area contributed by atoms with Crippen molar-refractivity contribution in [3.05, 3.63) is 93.5 Å². The molecule has 0 heterocycles. The van der Waals surface area contributed by atoms with Gasteiger partial charge in [0.2, 0.25) is 11.8 Å². The lowest BCUT2D eigenvalue weighted by molar-refractivity contribution is -0.139. The first-order valence-electron chi connectivity index (χ1n) is 11.5. The molecule has 0 spiro atoms. The van der Waals surface area contributed by atoms with Crippen LogP contribution in [0.1, 0.15) is 23.6 Å². The van der Waals surface area contributed by atoms with Gasteiger partial charge in [0.1, 0.15) is 12.6 Å². The Bertz CT molecular complexity index is 1380. The number of nitrogens with zero attached hydrogens (tertiary/aromatic N) is 2. The van der Waals surface area contributed by atoms with Gasteiger partial charge in [-0.3, -0.25) is 13.9 Å². The minimum absolute atomic E-state index is 0.0244. The molecule has 3 rings (SSSR count). The molecule has 37 heavy (non-hydrogen) atoms. The van der Waals surface area contributed by atoms with Gasteiger partial charge in [-0.1, -0.05) is 64.7 Å². The topological polar surface area (TPSA) is 86.8 Å². The summed E-state index contributed by atoms with van der Waals surface area (Å²) in [6.45, 7) is 4.84.